The van der Waals surface area contributed by atoms with Crippen molar-refractivity contribution in [3.05, 3.63) is 70.7 Å². The molecule has 0 aliphatic heterocycles. The number of halogens is 1. The SMILES string of the molecule is CC(C)[C@H](NC(=O)Cc1ccccc1)C(=O)O[C@@H](C)C(=O)c1ccc(Cl)cc1. The van der Waals surface area contributed by atoms with Gasteiger partial charge in [0.05, 0.1) is 6.42 Å². The standard InChI is InChI=1S/C22H24ClNO4/c1-14(2)20(24-19(25)13-16-7-5-4-6-8-16)22(27)28-15(3)21(26)17-9-11-18(23)12-10-17/h4-12,14-15,20H,13H2,1-3H3,(H,24,25)/t15-,20-/m0/s1. The van der Waals surface area contributed by atoms with Crippen LogP contribution in [-0.2, 0) is 20.7 Å². The second-order valence-electron chi connectivity index (χ2n) is 6.90. The predicted octanol–water partition coefficient (Wildman–Crippen LogP) is 3.84. The molecule has 6 heteroatoms. The molecule has 1 N–H and O–H groups in total. The number of esters is 1. The zero-order valence-corrected chi connectivity index (χ0v) is 16.9. The summed E-state index contributed by atoms with van der Waals surface area (Å²) in [6.45, 7) is 5.12. The van der Waals surface area contributed by atoms with Crippen LogP contribution in [0.4, 0.5) is 0 Å². The molecule has 0 fully saturated rings. The van der Waals surface area contributed by atoms with Gasteiger partial charge in [0.2, 0.25) is 11.7 Å². The summed E-state index contributed by atoms with van der Waals surface area (Å²) in [5.74, 6) is -1.43. The molecule has 148 valence electrons. The molecule has 0 heterocycles. The fraction of sp³-hybridized carbons (Fsp3) is 0.318. The fourth-order valence-electron chi connectivity index (χ4n) is 2.65. The maximum Gasteiger partial charge on any atom is 0.329 e. The highest BCUT2D eigenvalue weighted by Gasteiger charge is 2.29. The maximum atomic E-state index is 12.6. The van der Waals surface area contributed by atoms with Crippen LogP contribution in [0.3, 0.4) is 0 Å². The lowest BCUT2D eigenvalue weighted by Crippen LogP contribution is -2.47. The highest BCUT2D eigenvalue weighted by Crippen LogP contribution is 2.14. The number of nitrogens with one attached hydrogen (secondary N) is 1. The van der Waals surface area contributed by atoms with Crippen LogP contribution in [0.25, 0.3) is 0 Å². The van der Waals surface area contributed by atoms with Crippen LogP contribution < -0.4 is 5.32 Å². The number of ketones is 1. The van der Waals surface area contributed by atoms with Crippen LogP contribution in [0.5, 0.6) is 0 Å². The van der Waals surface area contributed by atoms with Gasteiger partial charge in [-0.3, -0.25) is 9.59 Å². The Morgan fingerprint density at radius 2 is 1.57 bits per heavy atom. The molecule has 0 saturated carbocycles. The van der Waals surface area contributed by atoms with Crippen LogP contribution in [0.1, 0.15) is 36.7 Å². The van der Waals surface area contributed by atoms with E-state index >= 15 is 0 Å². The minimum Gasteiger partial charge on any atom is -0.453 e. The molecular weight excluding hydrogens is 378 g/mol. The molecule has 2 aromatic carbocycles. The van der Waals surface area contributed by atoms with Crippen molar-refractivity contribution in [2.45, 2.75) is 39.3 Å². The molecule has 2 rings (SSSR count). The Hall–Kier alpha value is -2.66. The molecule has 2 aromatic rings. The zero-order valence-electron chi connectivity index (χ0n) is 16.1. The topological polar surface area (TPSA) is 72.5 Å². The summed E-state index contributed by atoms with van der Waals surface area (Å²) < 4.78 is 5.34. The minimum atomic E-state index is -0.971. The molecule has 0 radical (unpaired) electrons. The van der Waals surface area contributed by atoms with Crippen molar-refractivity contribution in [2.75, 3.05) is 0 Å². The van der Waals surface area contributed by atoms with Crippen LogP contribution in [-0.4, -0.2) is 29.8 Å². The van der Waals surface area contributed by atoms with Gasteiger partial charge in [0.25, 0.3) is 0 Å². The summed E-state index contributed by atoms with van der Waals surface area (Å²) in [5, 5.41) is 3.23. The first-order valence-electron chi connectivity index (χ1n) is 9.11. The highest BCUT2D eigenvalue weighted by atomic mass is 35.5. The summed E-state index contributed by atoms with van der Waals surface area (Å²) in [5.41, 5.74) is 1.25. The molecule has 0 unspecified atom stereocenters. The minimum absolute atomic E-state index is 0.163. The largest absolute Gasteiger partial charge is 0.453 e. The van der Waals surface area contributed by atoms with Crippen molar-refractivity contribution in [3.63, 3.8) is 0 Å². The van der Waals surface area contributed by atoms with Gasteiger partial charge in [0.15, 0.2) is 6.10 Å². The molecule has 2 atom stereocenters. The monoisotopic (exact) mass is 401 g/mol. The third-order valence-corrected chi connectivity index (χ3v) is 4.49. The van der Waals surface area contributed by atoms with Gasteiger partial charge in [-0.2, -0.15) is 0 Å². The highest BCUT2D eigenvalue weighted by molar-refractivity contribution is 6.30. The summed E-state index contributed by atoms with van der Waals surface area (Å²) in [6, 6.07) is 14.8. The first kappa shape index (κ1) is 21.6. The van der Waals surface area contributed by atoms with E-state index in [0.29, 0.717) is 10.6 Å². The van der Waals surface area contributed by atoms with Crippen molar-refractivity contribution in [1.82, 2.24) is 5.32 Å². The summed E-state index contributed by atoms with van der Waals surface area (Å²) in [7, 11) is 0. The number of benzene rings is 2. The molecule has 0 bridgehead atoms. The normalized spacial score (nSPS) is 12.9. The quantitative estimate of drug-likeness (QED) is 0.538. The molecule has 0 saturated heterocycles. The lowest BCUT2D eigenvalue weighted by molar-refractivity contribution is -0.151. The van der Waals surface area contributed by atoms with Gasteiger partial charge in [-0.15, -0.1) is 0 Å². The van der Waals surface area contributed by atoms with Gasteiger partial charge in [-0.1, -0.05) is 55.8 Å². The summed E-state index contributed by atoms with van der Waals surface area (Å²) in [6.07, 6.45) is -0.808. The maximum absolute atomic E-state index is 12.6. The van der Waals surface area contributed by atoms with E-state index in [9.17, 15) is 14.4 Å². The first-order valence-corrected chi connectivity index (χ1v) is 9.49. The Balaban J connectivity index is 1.98. The Bertz CT molecular complexity index is 818. The smallest absolute Gasteiger partial charge is 0.329 e. The number of ether oxygens (including phenoxy) is 1. The van der Waals surface area contributed by atoms with E-state index in [1.165, 1.54) is 6.92 Å². The van der Waals surface area contributed by atoms with Gasteiger partial charge in [0.1, 0.15) is 6.04 Å². The lowest BCUT2D eigenvalue weighted by Gasteiger charge is -2.23. The lowest BCUT2D eigenvalue weighted by atomic mass is 10.0. The summed E-state index contributed by atoms with van der Waals surface area (Å²) in [4.78, 5) is 37.3. The fourth-order valence-corrected chi connectivity index (χ4v) is 2.78. The van der Waals surface area contributed by atoms with Gasteiger partial charge in [-0.05, 0) is 42.7 Å². The average Bonchev–Trinajstić information content (AvgIpc) is 2.66. The number of Topliss-reactive ketones (excluding diaryl/α,β-unsaturated/α-hetero) is 1. The Morgan fingerprint density at radius 1 is 0.964 bits per heavy atom. The van der Waals surface area contributed by atoms with Crippen molar-refractivity contribution >= 4 is 29.3 Å². The Kier molecular flexibility index (Phi) is 7.76. The molecule has 0 aliphatic carbocycles. The van der Waals surface area contributed by atoms with Crippen LogP contribution >= 0.6 is 11.6 Å². The van der Waals surface area contributed by atoms with Gasteiger partial charge < -0.3 is 10.1 Å². The van der Waals surface area contributed by atoms with Crippen molar-refractivity contribution < 1.29 is 19.1 Å². The zero-order chi connectivity index (χ0) is 20.7. The van der Waals surface area contributed by atoms with E-state index in [0.717, 1.165) is 5.56 Å². The van der Waals surface area contributed by atoms with Crippen molar-refractivity contribution in [3.8, 4) is 0 Å². The van der Waals surface area contributed by atoms with Crippen LogP contribution in [0.15, 0.2) is 54.6 Å². The molecule has 0 aromatic heterocycles. The van der Waals surface area contributed by atoms with E-state index in [2.05, 4.69) is 5.32 Å². The van der Waals surface area contributed by atoms with Gasteiger partial charge in [0, 0.05) is 10.6 Å². The molecule has 1 amide bonds. The molecule has 28 heavy (non-hydrogen) atoms. The Labute approximate surface area is 170 Å². The van der Waals surface area contributed by atoms with E-state index < -0.39 is 18.1 Å². The van der Waals surface area contributed by atoms with Crippen molar-refractivity contribution in [2.24, 2.45) is 5.92 Å². The number of carbonyl (C=O) groups excluding carboxylic acids is 3. The van der Waals surface area contributed by atoms with E-state index in [-0.39, 0.29) is 24.0 Å². The first-order chi connectivity index (χ1) is 13.3. The number of hydrogen-bond donors (Lipinski definition) is 1. The predicted molar refractivity (Wildman–Crippen MR) is 108 cm³/mol. The second kappa shape index (κ2) is 10.0. The molecule has 0 spiro atoms. The van der Waals surface area contributed by atoms with E-state index in [1.54, 1.807) is 38.1 Å². The van der Waals surface area contributed by atoms with Gasteiger partial charge >= 0.3 is 5.97 Å². The third-order valence-electron chi connectivity index (χ3n) is 4.24. The van der Waals surface area contributed by atoms with Crippen molar-refractivity contribution in [1.29, 1.82) is 0 Å². The molecular formula is C22H24ClNO4. The van der Waals surface area contributed by atoms with Gasteiger partial charge in [-0.25, -0.2) is 4.79 Å². The van der Waals surface area contributed by atoms with E-state index in [4.69, 9.17) is 16.3 Å². The number of amides is 1. The number of hydrogen-bond acceptors (Lipinski definition) is 4. The third kappa shape index (κ3) is 6.20. The second-order valence-corrected chi connectivity index (χ2v) is 7.34. The number of carbonyl (C=O) groups is 3. The summed E-state index contributed by atoms with van der Waals surface area (Å²) >= 11 is 5.83. The van der Waals surface area contributed by atoms with Crippen LogP contribution in [0, 0.1) is 5.92 Å². The van der Waals surface area contributed by atoms with E-state index in [1.807, 2.05) is 30.3 Å². The molecule has 5 nitrogen and oxygen atoms in total. The molecule has 0 aliphatic rings. The number of rotatable bonds is 8. The van der Waals surface area contributed by atoms with Crippen LogP contribution in [0.2, 0.25) is 5.02 Å². The Morgan fingerprint density at radius 3 is 2.14 bits per heavy atom. The average molecular weight is 402 g/mol.